The largest absolute Gasteiger partial charge is 0.333 e. The lowest BCUT2D eigenvalue weighted by atomic mass is 10.0. The molecule has 2 aromatic heterocycles. The van der Waals surface area contributed by atoms with Gasteiger partial charge in [0.25, 0.3) is 11.5 Å². The molecular weight excluding hydrogens is 429 g/mol. The van der Waals surface area contributed by atoms with Gasteiger partial charge in [-0.3, -0.25) is 19.1 Å². The summed E-state index contributed by atoms with van der Waals surface area (Å²) in [5.41, 5.74) is 0.254. The van der Waals surface area contributed by atoms with Crippen LogP contribution in [0.4, 0.5) is 0 Å². The number of nitrogens with one attached hydrogen (secondary N) is 2. The van der Waals surface area contributed by atoms with Crippen molar-refractivity contribution in [2.24, 2.45) is 5.92 Å². The predicted molar refractivity (Wildman–Crippen MR) is 123 cm³/mol. The fourth-order valence-electron chi connectivity index (χ4n) is 3.59. The minimum Gasteiger partial charge on any atom is -0.333 e. The van der Waals surface area contributed by atoms with Crippen LogP contribution in [0, 0.1) is 5.92 Å². The van der Waals surface area contributed by atoms with Crippen molar-refractivity contribution in [3.63, 3.8) is 0 Å². The Morgan fingerprint density at radius 2 is 1.90 bits per heavy atom. The molecule has 1 aliphatic heterocycles. The number of rotatable bonds is 4. The minimum absolute atomic E-state index is 0. The number of aromatic amines is 1. The zero-order chi connectivity index (χ0) is 20.6. The summed E-state index contributed by atoms with van der Waals surface area (Å²) >= 11 is 0. The van der Waals surface area contributed by atoms with Crippen LogP contribution < -0.4 is 16.6 Å². The summed E-state index contributed by atoms with van der Waals surface area (Å²) in [6, 6.07) is 1.73. The van der Waals surface area contributed by atoms with Gasteiger partial charge in [0.1, 0.15) is 0 Å². The first kappa shape index (κ1) is 26.1. The fraction of sp³-hybridized carbons (Fsp3) is 0.600. The molecule has 3 rings (SSSR count). The molecule has 8 nitrogen and oxygen atoms in total. The van der Waals surface area contributed by atoms with Crippen LogP contribution in [-0.2, 0) is 6.54 Å². The summed E-state index contributed by atoms with van der Waals surface area (Å²) in [6.45, 7) is 12.3. The first-order valence-corrected chi connectivity index (χ1v) is 9.90. The number of H-pyrrole nitrogens is 1. The van der Waals surface area contributed by atoms with E-state index in [1.807, 2.05) is 34.6 Å². The summed E-state index contributed by atoms with van der Waals surface area (Å²) in [7, 11) is 0. The first-order valence-electron chi connectivity index (χ1n) is 9.90. The number of hydrogen-bond acceptors (Lipinski definition) is 5. The van der Waals surface area contributed by atoms with Crippen molar-refractivity contribution in [3.8, 4) is 0 Å². The highest BCUT2D eigenvalue weighted by molar-refractivity contribution is 6.05. The van der Waals surface area contributed by atoms with Gasteiger partial charge in [-0.05, 0) is 24.8 Å². The number of halogens is 2. The Labute approximate surface area is 188 Å². The van der Waals surface area contributed by atoms with Gasteiger partial charge in [0.2, 0.25) is 0 Å². The van der Waals surface area contributed by atoms with Crippen LogP contribution in [0.3, 0.4) is 0 Å². The van der Waals surface area contributed by atoms with Crippen molar-refractivity contribution >= 4 is 41.8 Å². The van der Waals surface area contributed by atoms with Crippen molar-refractivity contribution < 1.29 is 4.79 Å². The average molecular weight is 460 g/mol. The molecule has 1 unspecified atom stereocenters. The van der Waals surface area contributed by atoms with E-state index in [9.17, 15) is 14.4 Å². The zero-order valence-electron chi connectivity index (χ0n) is 18.0. The highest BCUT2D eigenvalue weighted by Crippen LogP contribution is 2.22. The lowest BCUT2D eigenvalue weighted by Crippen LogP contribution is -2.52. The Bertz CT molecular complexity index is 1020. The topological polar surface area (TPSA) is 100 Å². The summed E-state index contributed by atoms with van der Waals surface area (Å²) in [4.78, 5) is 47.4. The standard InChI is InChI=1S/C20H29N5O3.2ClH/c1-11(2)10-25-17-16(18(26)23-20(25)28)14(8-15(22-17)12(3)4)19(27)24-7-6-21-9-13(24)5;;/h8,11-13,21H,6-7,9-10H2,1-5H3,(H,23,26,28);2*1H. The number of fused-ring (bicyclic) bond motifs is 1. The molecule has 3 heterocycles. The number of pyridine rings is 1. The Morgan fingerprint density at radius 3 is 2.47 bits per heavy atom. The Morgan fingerprint density at radius 1 is 1.23 bits per heavy atom. The van der Waals surface area contributed by atoms with Gasteiger partial charge in [-0.1, -0.05) is 27.7 Å². The summed E-state index contributed by atoms with van der Waals surface area (Å²) in [6.07, 6.45) is 0. The normalized spacial score (nSPS) is 16.5. The van der Waals surface area contributed by atoms with Crippen molar-refractivity contribution in [2.75, 3.05) is 19.6 Å². The maximum Gasteiger partial charge on any atom is 0.330 e. The van der Waals surface area contributed by atoms with E-state index in [2.05, 4.69) is 15.3 Å². The Hall–Kier alpha value is -1.90. The number of nitrogens with zero attached hydrogens (tertiary/aromatic N) is 3. The highest BCUT2D eigenvalue weighted by atomic mass is 35.5. The quantitative estimate of drug-likeness (QED) is 0.729. The van der Waals surface area contributed by atoms with E-state index in [0.717, 1.165) is 0 Å². The molecule has 0 saturated carbocycles. The van der Waals surface area contributed by atoms with Gasteiger partial charge in [-0.2, -0.15) is 0 Å². The van der Waals surface area contributed by atoms with Crippen LogP contribution in [0.15, 0.2) is 15.7 Å². The highest BCUT2D eigenvalue weighted by Gasteiger charge is 2.28. The Kier molecular flexibility index (Phi) is 9.07. The van der Waals surface area contributed by atoms with Crippen molar-refractivity contribution in [3.05, 3.63) is 38.2 Å². The van der Waals surface area contributed by atoms with Gasteiger partial charge in [-0.15, -0.1) is 24.8 Å². The van der Waals surface area contributed by atoms with Gasteiger partial charge in [-0.25, -0.2) is 9.78 Å². The number of aromatic nitrogens is 3. The van der Waals surface area contributed by atoms with E-state index in [4.69, 9.17) is 0 Å². The van der Waals surface area contributed by atoms with E-state index in [1.54, 1.807) is 11.0 Å². The van der Waals surface area contributed by atoms with Gasteiger partial charge in [0.15, 0.2) is 5.65 Å². The molecule has 1 saturated heterocycles. The molecule has 10 heteroatoms. The predicted octanol–water partition coefficient (Wildman–Crippen LogP) is 2.14. The molecule has 0 aromatic carbocycles. The molecule has 0 bridgehead atoms. The molecule has 168 valence electrons. The maximum absolute atomic E-state index is 13.4. The summed E-state index contributed by atoms with van der Waals surface area (Å²) in [5, 5.41) is 3.46. The lowest BCUT2D eigenvalue weighted by Gasteiger charge is -2.34. The molecule has 0 radical (unpaired) electrons. The number of hydrogen-bond donors (Lipinski definition) is 2. The Balaban J connectivity index is 0.00000225. The third-order valence-electron chi connectivity index (χ3n) is 5.10. The molecule has 1 aliphatic rings. The summed E-state index contributed by atoms with van der Waals surface area (Å²) < 4.78 is 1.48. The van der Waals surface area contributed by atoms with E-state index in [-0.39, 0.29) is 54.0 Å². The van der Waals surface area contributed by atoms with Gasteiger partial charge in [0, 0.05) is 37.9 Å². The summed E-state index contributed by atoms with van der Waals surface area (Å²) in [5.74, 6) is 0.0467. The monoisotopic (exact) mass is 459 g/mol. The SMILES string of the molecule is CC(C)Cn1c(=O)[nH]c(=O)c2c(C(=O)N3CCNCC3C)cc(C(C)C)nc21.Cl.Cl. The smallest absolute Gasteiger partial charge is 0.330 e. The second-order valence-corrected chi connectivity index (χ2v) is 8.26. The lowest BCUT2D eigenvalue weighted by molar-refractivity contribution is 0.0657. The van der Waals surface area contributed by atoms with Crippen LogP contribution in [0.25, 0.3) is 11.0 Å². The fourth-order valence-corrected chi connectivity index (χ4v) is 3.59. The zero-order valence-corrected chi connectivity index (χ0v) is 19.7. The third-order valence-corrected chi connectivity index (χ3v) is 5.10. The first-order chi connectivity index (χ1) is 13.2. The molecular formula is C20H31Cl2N5O3. The number of carbonyl (C=O) groups excluding carboxylic acids is 1. The van der Waals surface area contributed by atoms with Crippen LogP contribution >= 0.6 is 24.8 Å². The maximum atomic E-state index is 13.4. The van der Waals surface area contributed by atoms with Crippen molar-refractivity contribution in [2.45, 2.75) is 53.1 Å². The van der Waals surface area contributed by atoms with Crippen LogP contribution in [0.1, 0.15) is 56.6 Å². The van der Waals surface area contributed by atoms with Crippen molar-refractivity contribution in [1.82, 2.24) is 24.8 Å². The van der Waals surface area contributed by atoms with Crippen LogP contribution in [-0.4, -0.2) is 51.0 Å². The number of carbonyl (C=O) groups is 1. The second-order valence-electron chi connectivity index (χ2n) is 8.26. The molecule has 1 amide bonds. The van der Waals surface area contributed by atoms with E-state index in [0.29, 0.717) is 43.1 Å². The minimum atomic E-state index is -0.561. The molecule has 30 heavy (non-hydrogen) atoms. The second kappa shape index (κ2) is 10.4. The molecule has 1 atom stereocenters. The van der Waals surface area contributed by atoms with E-state index in [1.165, 1.54) is 4.57 Å². The average Bonchev–Trinajstić information content (AvgIpc) is 2.63. The molecule has 2 aromatic rings. The van der Waals surface area contributed by atoms with Gasteiger partial charge in [0.05, 0.1) is 10.9 Å². The van der Waals surface area contributed by atoms with Crippen LogP contribution in [0.5, 0.6) is 0 Å². The number of amides is 1. The van der Waals surface area contributed by atoms with Gasteiger partial charge < -0.3 is 10.2 Å². The molecule has 0 spiro atoms. The number of piperazine rings is 1. The van der Waals surface area contributed by atoms with E-state index >= 15 is 0 Å². The van der Waals surface area contributed by atoms with E-state index < -0.39 is 11.2 Å². The molecule has 0 aliphatic carbocycles. The van der Waals surface area contributed by atoms with Crippen LogP contribution in [0.2, 0.25) is 0 Å². The molecule has 2 N–H and O–H groups in total. The van der Waals surface area contributed by atoms with Gasteiger partial charge >= 0.3 is 5.69 Å². The van der Waals surface area contributed by atoms with Crippen molar-refractivity contribution in [1.29, 1.82) is 0 Å². The third kappa shape index (κ3) is 5.04. The molecule has 1 fully saturated rings.